The average Bonchev–Trinajstić information content (AvgIpc) is 3.05. The fraction of sp³-hybridized carbons (Fsp3) is 0.0526. The van der Waals surface area contributed by atoms with Crippen molar-refractivity contribution >= 4 is 34.5 Å². The summed E-state index contributed by atoms with van der Waals surface area (Å²) in [5.41, 5.74) is 4.16. The van der Waals surface area contributed by atoms with E-state index in [-0.39, 0.29) is 5.75 Å². The van der Waals surface area contributed by atoms with Gasteiger partial charge in [-0.3, -0.25) is 0 Å². The van der Waals surface area contributed by atoms with Gasteiger partial charge in [-0.15, -0.1) is 11.3 Å². The van der Waals surface area contributed by atoms with Crippen LogP contribution in [0.1, 0.15) is 5.56 Å². The monoisotopic (exact) mass is 351 g/mol. The summed E-state index contributed by atoms with van der Waals surface area (Å²) in [6.07, 6.45) is 1.62. The minimum atomic E-state index is 0.172. The third kappa shape index (κ3) is 2.52. The van der Waals surface area contributed by atoms with Crippen molar-refractivity contribution in [3.05, 3.63) is 64.2 Å². The SMILES string of the molecule is Cc1cc(O)cc2occ(-c3csc(-c4ccccc4)n3)c(=S)c12. The standard InChI is InChI=1S/C19H13NO2S2/c1-11-7-13(21)8-16-17(11)18(23)14(9-22-16)15-10-24-19(20-15)12-5-3-2-4-6-12/h2-10,21H,1H3. The van der Waals surface area contributed by atoms with Crippen LogP contribution in [0.15, 0.2) is 58.5 Å². The maximum absolute atomic E-state index is 9.71. The Morgan fingerprint density at radius 3 is 2.75 bits per heavy atom. The Morgan fingerprint density at radius 1 is 1.17 bits per heavy atom. The van der Waals surface area contributed by atoms with Gasteiger partial charge in [0, 0.05) is 22.4 Å². The van der Waals surface area contributed by atoms with Crippen LogP contribution in [0.3, 0.4) is 0 Å². The first-order valence-electron chi connectivity index (χ1n) is 7.40. The summed E-state index contributed by atoms with van der Waals surface area (Å²) in [5, 5.41) is 13.5. The van der Waals surface area contributed by atoms with Crippen molar-refractivity contribution in [2.75, 3.05) is 0 Å². The molecule has 0 unspecified atom stereocenters. The van der Waals surface area contributed by atoms with E-state index >= 15 is 0 Å². The summed E-state index contributed by atoms with van der Waals surface area (Å²) in [6.45, 7) is 1.91. The molecule has 0 spiro atoms. The molecule has 0 saturated carbocycles. The van der Waals surface area contributed by atoms with Crippen LogP contribution in [0, 0.1) is 11.4 Å². The number of phenols is 1. The van der Waals surface area contributed by atoms with E-state index in [0.29, 0.717) is 10.1 Å². The van der Waals surface area contributed by atoms with Crippen LogP contribution in [0.25, 0.3) is 32.8 Å². The molecule has 0 aliphatic rings. The van der Waals surface area contributed by atoms with Gasteiger partial charge in [0.05, 0.1) is 15.8 Å². The highest BCUT2D eigenvalue weighted by Gasteiger charge is 2.13. The predicted molar refractivity (Wildman–Crippen MR) is 100.0 cm³/mol. The van der Waals surface area contributed by atoms with Gasteiger partial charge >= 0.3 is 0 Å². The topological polar surface area (TPSA) is 46.3 Å². The zero-order valence-electron chi connectivity index (χ0n) is 12.8. The first-order chi connectivity index (χ1) is 11.6. The first-order valence-corrected chi connectivity index (χ1v) is 8.69. The molecule has 2 heterocycles. The normalized spacial score (nSPS) is 11.0. The lowest BCUT2D eigenvalue weighted by atomic mass is 10.1. The quantitative estimate of drug-likeness (QED) is 0.452. The lowest BCUT2D eigenvalue weighted by Crippen LogP contribution is -1.86. The smallest absolute Gasteiger partial charge is 0.139 e. The van der Waals surface area contributed by atoms with Gasteiger partial charge in [-0.1, -0.05) is 42.5 Å². The Kier molecular flexibility index (Phi) is 3.67. The number of hydrogen-bond acceptors (Lipinski definition) is 5. The molecule has 0 bridgehead atoms. The summed E-state index contributed by atoms with van der Waals surface area (Å²) in [6, 6.07) is 13.3. The number of rotatable bonds is 2. The molecule has 0 atom stereocenters. The van der Waals surface area contributed by atoms with E-state index in [1.807, 2.05) is 42.6 Å². The van der Waals surface area contributed by atoms with Crippen LogP contribution in [0.4, 0.5) is 0 Å². The number of phenolic OH excluding ortho intramolecular Hbond substituents is 1. The van der Waals surface area contributed by atoms with E-state index < -0.39 is 0 Å². The second-order valence-corrected chi connectivity index (χ2v) is 6.78. The Hall–Kier alpha value is -2.50. The zero-order chi connectivity index (χ0) is 16.7. The Labute approximate surface area is 147 Å². The van der Waals surface area contributed by atoms with E-state index in [9.17, 15) is 5.11 Å². The van der Waals surface area contributed by atoms with Gasteiger partial charge in [0.1, 0.15) is 22.6 Å². The van der Waals surface area contributed by atoms with E-state index in [4.69, 9.17) is 21.6 Å². The summed E-state index contributed by atoms with van der Waals surface area (Å²) in [7, 11) is 0. The summed E-state index contributed by atoms with van der Waals surface area (Å²) < 4.78 is 6.39. The van der Waals surface area contributed by atoms with Gasteiger partial charge in [0.2, 0.25) is 0 Å². The molecule has 4 aromatic rings. The third-order valence-electron chi connectivity index (χ3n) is 3.86. The molecule has 0 aliphatic heterocycles. The highest BCUT2D eigenvalue weighted by atomic mass is 32.1. The molecule has 5 heteroatoms. The lowest BCUT2D eigenvalue weighted by Gasteiger charge is -2.05. The zero-order valence-corrected chi connectivity index (χ0v) is 14.4. The molecule has 0 radical (unpaired) electrons. The summed E-state index contributed by atoms with van der Waals surface area (Å²) >= 11 is 7.23. The molecular weight excluding hydrogens is 338 g/mol. The Bertz CT molecular complexity index is 1100. The second kappa shape index (κ2) is 5.85. The van der Waals surface area contributed by atoms with Gasteiger partial charge in [-0.2, -0.15) is 0 Å². The fourth-order valence-electron chi connectivity index (χ4n) is 2.72. The second-order valence-electron chi connectivity index (χ2n) is 5.52. The molecule has 2 aromatic carbocycles. The van der Waals surface area contributed by atoms with Crippen molar-refractivity contribution in [1.29, 1.82) is 0 Å². The van der Waals surface area contributed by atoms with Crippen molar-refractivity contribution in [3.63, 3.8) is 0 Å². The van der Waals surface area contributed by atoms with Crippen molar-refractivity contribution < 1.29 is 9.52 Å². The van der Waals surface area contributed by atoms with E-state index in [0.717, 1.165) is 32.8 Å². The predicted octanol–water partition coefficient (Wildman–Crippen LogP) is 5.97. The number of fused-ring (bicyclic) bond motifs is 1. The number of nitrogens with zero attached hydrogens (tertiary/aromatic N) is 1. The molecule has 3 nitrogen and oxygen atoms in total. The number of aryl methyl sites for hydroxylation is 1. The fourth-order valence-corrected chi connectivity index (χ4v) is 3.96. The Morgan fingerprint density at radius 2 is 1.96 bits per heavy atom. The van der Waals surface area contributed by atoms with Gasteiger partial charge < -0.3 is 9.52 Å². The number of benzene rings is 2. The number of aromatic nitrogens is 1. The largest absolute Gasteiger partial charge is 0.508 e. The molecule has 0 amide bonds. The highest BCUT2D eigenvalue weighted by molar-refractivity contribution is 7.71. The van der Waals surface area contributed by atoms with Crippen LogP contribution in [0.2, 0.25) is 0 Å². The van der Waals surface area contributed by atoms with Crippen LogP contribution < -0.4 is 0 Å². The molecule has 118 valence electrons. The van der Waals surface area contributed by atoms with Gasteiger partial charge in [0.25, 0.3) is 0 Å². The minimum absolute atomic E-state index is 0.172. The van der Waals surface area contributed by atoms with Crippen molar-refractivity contribution in [3.8, 4) is 27.6 Å². The van der Waals surface area contributed by atoms with Gasteiger partial charge in [-0.05, 0) is 18.6 Å². The maximum Gasteiger partial charge on any atom is 0.139 e. The number of thiazole rings is 1. The van der Waals surface area contributed by atoms with Crippen LogP contribution >= 0.6 is 23.6 Å². The van der Waals surface area contributed by atoms with Gasteiger partial charge in [0.15, 0.2) is 0 Å². The van der Waals surface area contributed by atoms with Crippen molar-refractivity contribution in [2.45, 2.75) is 6.92 Å². The maximum atomic E-state index is 9.71. The number of hydrogen-bond donors (Lipinski definition) is 1. The molecule has 0 saturated heterocycles. The molecular formula is C19H13NO2S2. The molecule has 24 heavy (non-hydrogen) atoms. The van der Waals surface area contributed by atoms with Crippen molar-refractivity contribution in [2.24, 2.45) is 0 Å². The highest BCUT2D eigenvalue weighted by Crippen LogP contribution is 2.33. The van der Waals surface area contributed by atoms with E-state index in [1.54, 1.807) is 29.7 Å². The number of aromatic hydroxyl groups is 1. The molecule has 1 N–H and O–H groups in total. The summed E-state index contributed by atoms with van der Waals surface area (Å²) in [5.74, 6) is 0.172. The van der Waals surface area contributed by atoms with E-state index in [2.05, 4.69) is 0 Å². The van der Waals surface area contributed by atoms with Crippen LogP contribution in [-0.4, -0.2) is 10.1 Å². The minimum Gasteiger partial charge on any atom is -0.508 e. The molecule has 0 fully saturated rings. The average molecular weight is 351 g/mol. The Balaban J connectivity index is 1.88. The summed E-state index contributed by atoms with van der Waals surface area (Å²) in [4.78, 5) is 4.71. The van der Waals surface area contributed by atoms with Crippen molar-refractivity contribution in [1.82, 2.24) is 4.98 Å². The van der Waals surface area contributed by atoms with Crippen LogP contribution in [0.5, 0.6) is 5.75 Å². The van der Waals surface area contributed by atoms with Crippen LogP contribution in [-0.2, 0) is 0 Å². The molecule has 0 aliphatic carbocycles. The lowest BCUT2D eigenvalue weighted by molar-refractivity contribution is 0.473. The first kappa shape index (κ1) is 15.1. The van der Waals surface area contributed by atoms with E-state index in [1.165, 1.54) is 0 Å². The molecule has 4 rings (SSSR count). The van der Waals surface area contributed by atoms with Gasteiger partial charge in [-0.25, -0.2) is 4.98 Å². The molecule has 2 aromatic heterocycles. The third-order valence-corrected chi connectivity index (χ3v) is 5.18.